The van der Waals surface area contributed by atoms with Crippen molar-refractivity contribution in [3.8, 4) is 0 Å². The number of hydrogen-bond donors (Lipinski definition) is 3. The van der Waals surface area contributed by atoms with E-state index in [-0.39, 0.29) is 23.8 Å². The van der Waals surface area contributed by atoms with Crippen molar-refractivity contribution < 1.29 is 9.59 Å². The Morgan fingerprint density at radius 1 is 1.05 bits per heavy atom. The third-order valence-electron chi connectivity index (χ3n) is 3.61. The van der Waals surface area contributed by atoms with Crippen molar-refractivity contribution in [2.75, 3.05) is 28.7 Å². The molecule has 1 saturated heterocycles. The summed E-state index contributed by atoms with van der Waals surface area (Å²) in [5, 5.41) is 8.99. The zero-order valence-electron chi connectivity index (χ0n) is 11.7. The van der Waals surface area contributed by atoms with Gasteiger partial charge in [-0.3, -0.25) is 9.59 Å². The van der Waals surface area contributed by atoms with E-state index in [0.29, 0.717) is 0 Å². The summed E-state index contributed by atoms with van der Waals surface area (Å²) in [5.74, 6) is 2.15. The third-order valence-corrected chi connectivity index (χ3v) is 4.67. The van der Waals surface area contributed by atoms with Crippen molar-refractivity contribution in [3.05, 3.63) is 24.3 Å². The average Bonchev–Trinajstić information content (AvgIpc) is 3.35. The van der Waals surface area contributed by atoms with Gasteiger partial charge in [0.25, 0.3) is 0 Å². The molecule has 6 heteroatoms. The van der Waals surface area contributed by atoms with Gasteiger partial charge >= 0.3 is 0 Å². The van der Waals surface area contributed by atoms with Crippen molar-refractivity contribution in [1.82, 2.24) is 5.32 Å². The van der Waals surface area contributed by atoms with Gasteiger partial charge in [-0.05, 0) is 37.1 Å². The first kappa shape index (κ1) is 14.4. The zero-order chi connectivity index (χ0) is 14.7. The molecule has 0 bridgehead atoms. The first-order valence-electron chi connectivity index (χ1n) is 7.25. The summed E-state index contributed by atoms with van der Waals surface area (Å²) in [7, 11) is 0. The van der Waals surface area contributed by atoms with E-state index in [1.807, 2.05) is 24.3 Å². The van der Waals surface area contributed by atoms with Crippen LogP contribution in [0, 0.1) is 5.92 Å². The lowest BCUT2D eigenvalue weighted by Gasteiger charge is -2.22. The Kier molecular flexibility index (Phi) is 4.45. The van der Waals surface area contributed by atoms with Crippen LogP contribution < -0.4 is 16.0 Å². The number of amides is 2. The molecule has 1 aliphatic carbocycles. The van der Waals surface area contributed by atoms with Gasteiger partial charge in [-0.15, -0.1) is 0 Å². The molecule has 1 aromatic carbocycles. The van der Waals surface area contributed by atoms with Gasteiger partial charge in [-0.1, -0.05) is 0 Å². The lowest BCUT2D eigenvalue weighted by molar-refractivity contribution is -0.118. The van der Waals surface area contributed by atoms with Crippen molar-refractivity contribution in [2.45, 2.75) is 18.9 Å². The molecule has 21 heavy (non-hydrogen) atoms. The number of rotatable bonds is 4. The van der Waals surface area contributed by atoms with Crippen molar-refractivity contribution >= 4 is 35.0 Å². The van der Waals surface area contributed by atoms with Crippen LogP contribution in [0.4, 0.5) is 11.4 Å². The summed E-state index contributed by atoms with van der Waals surface area (Å²) in [6, 6.07) is 7.14. The molecule has 1 aromatic rings. The molecule has 112 valence electrons. The highest BCUT2D eigenvalue weighted by Crippen LogP contribution is 2.30. The van der Waals surface area contributed by atoms with Gasteiger partial charge in [-0.2, -0.15) is 11.8 Å². The Morgan fingerprint density at radius 3 is 2.19 bits per heavy atom. The highest BCUT2D eigenvalue weighted by molar-refractivity contribution is 7.99. The molecule has 3 rings (SSSR count). The molecule has 0 radical (unpaired) electrons. The van der Waals surface area contributed by atoms with E-state index >= 15 is 0 Å². The van der Waals surface area contributed by atoms with Gasteiger partial charge in [0.05, 0.1) is 6.04 Å². The minimum atomic E-state index is -0.127. The van der Waals surface area contributed by atoms with E-state index in [9.17, 15) is 9.59 Å². The monoisotopic (exact) mass is 305 g/mol. The van der Waals surface area contributed by atoms with E-state index in [1.54, 1.807) is 11.8 Å². The van der Waals surface area contributed by atoms with Crippen LogP contribution in [0.5, 0.6) is 0 Å². The van der Waals surface area contributed by atoms with Gasteiger partial charge in [0.1, 0.15) is 0 Å². The summed E-state index contributed by atoms with van der Waals surface area (Å²) in [5.41, 5.74) is 1.53. The van der Waals surface area contributed by atoms with Crippen molar-refractivity contribution in [3.63, 3.8) is 0 Å². The molecule has 2 amide bonds. The van der Waals surface area contributed by atoms with Crippen LogP contribution in [0.15, 0.2) is 24.3 Å². The fraction of sp³-hybridized carbons (Fsp3) is 0.467. The maximum Gasteiger partial charge on any atom is 0.242 e. The topological polar surface area (TPSA) is 70.2 Å². The van der Waals surface area contributed by atoms with Crippen LogP contribution in [-0.4, -0.2) is 35.9 Å². The van der Waals surface area contributed by atoms with Crippen LogP contribution in [-0.2, 0) is 9.59 Å². The second kappa shape index (κ2) is 6.49. The van der Waals surface area contributed by atoms with Gasteiger partial charge in [0, 0.05) is 35.3 Å². The maximum atomic E-state index is 12.1. The number of carbonyl (C=O) groups excluding carboxylic acids is 2. The van der Waals surface area contributed by atoms with Crippen LogP contribution >= 0.6 is 11.8 Å². The Balaban J connectivity index is 1.53. The molecule has 1 unspecified atom stereocenters. The predicted molar refractivity (Wildman–Crippen MR) is 85.5 cm³/mol. The Hall–Kier alpha value is -1.53. The quantitative estimate of drug-likeness (QED) is 0.791. The minimum absolute atomic E-state index is 0.00281. The van der Waals surface area contributed by atoms with Crippen LogP contribution in [0.25, 0.3) is 0 Å². The normalized spacial score (nSPS) is 21.6. The molecule has 5 nitrogen and oxygen atoms in total. The van der Waals surface area contributed by atoms with E-state index in [2.05, 4.69) is 16.0 Å². The first-order chi connectivity index (χ1) is 10.2. The Bertz CT molecular complexity index is 522. The smallest absolute Gasteiger partial charge is 0.242 e. The van der Waals surface area contributed by atoms with E-state index in [4.69, 9.17) is 0 Å². The first-order valence-corrected chi connectivity index (χ1v) is 8.41. The molecule has 1 heterocycles. The summed E-state index contributed by atoms with van der Waals surface area (Å²) in [4.78, 5) is 23.7. The van der Waals surface area contributed by atoms with E-state index in [1.165, 1.54) is 0 Å². The van der Waals surface area contributed by atoms with Crippen LogP contribution in [0.1, 0.15) is 12.8 Å². The minimum Gasteiger partial charge on any atom is -0.326 e. The highest BCUT2D eigenvalue weighted by atomic mass is 32.2. The predicted octanol–water partition coefficient (Wildman–Crippen LogP) is 1.68. The van der Waals surface area contributed by atoms with Gasteiger partial charge in [0.2, 0.25) is 11.8 Å². The molecule has 1 atom stereocenters. The van der Waals surface area contributed by atoms with E-state index < -0.39 is 0 Å². The van der Waals surface area contributed by atoms with Crippen LogP contribution in [0.2, 0.25) is 0 Å². The second-order valence-electron chi connectivity index (χ2n) is 5.41. The summed E-state index contributed by atoms with van der Waals surface area (Å²) in [6.07, 6.45) is 1.98. The lowest BCUT2D eigenvalue weighted by atomic mass is 10.2. The maximum absolute atomic E-state index is 12.1. The second-order valence-corrected chi connectivity index (χ2v) is 6.56. The zero-order valence-corrected chi connectivity index (χ0v) is 12.5. The summed E-state index contributed by atoms with van der Waals surface area (Å²) >= 11 is 1.79. The number of nitrogens with one attached hydrogen (secondary N) is 3. The lowest BCUT2D eigenvalue weighted by Crippen LogP contribution is -2.46. The number of benzene rings is 1. The van der Waals surface area contributed by atoms with Gasteiger partial charge in [-0.25, -0.2) is 0 Å². The fourth-order valence-electron chi connectivity index (χ4n) is 2.19. The standard InChI is InChI=1S/C15H19N3O2S/c19-14(10-1-2-10)17-11-3-5-12(6-4-11)18-15(20)13-9-21-8-7-16-13/h3-6,10,13,16H,1-2,7-9H2,(H,17,19)(H,18,20). The van der Waals surface area contributed by atoms with Crippen LogP contribution in [0.3, 0.4) is 0 Å². The number of thioether (sulfide) groups is 1. The average molecular weight is 305 g/mol. The molecule has 1 saturated carbocycles. The molecule has 2 fully saturated rings. The third kappa shape index (κ3) is 3.98. The largest absolute Gasteiger partial charge is 0.326 e. The van der Waals surface area contributed by atoms with E-state index in [0.717, 1.165) is 42.3 Å². The summed E-state index contributed by atoms with van der Waals surface area (Å²) < 4.78 is 0. The SMILES string of the molecule is O=C(Nc1ccc(NC(=O)C2CSCCN2)cc1)C1CC1. The molecule has 3 N–H and O–H groups in total. The Morgan fingerprint density at radius 2 is 1.67 bits per heavy atom. The fourth-order valence-corrected chi connectivity index (χ4v) is 3.12. The van der Waals surface area contributed by atoms with Crippen molar-refractivity contribution in [2.24, 2.45) is 5.92 Å². The van der Waals surface area contributed by atoms with Gasteiger partial charge < -0.3 is 16.0 Å². The number of anilines is 2. The molecular weight excluding hydrogens is 286 g/mol. The molecule has 0 aromatic heterocycles. The van der Waals surface area contributed by atoms with Crippen molar-refractivity contribution in [1.29, 1.82) is 0 Å². The molecular formula is C15H19N3O2S. The number of hydrogen-bond acceptors (Lipinski definition) is 4. The number of carbonyl (C=O) groups is 2. The summed E-state index contributed by atoms with van der Waals surface area (Å²) in [6.45, 7) is 0.870. The molecule has 0 spiro atoms. The Labute approximate surface area is 128 Å². The highest BCUT2D eigenvalue weighted by Gasteiger charge is 2.29. The molecule has 2 aliphatic rings. The van der Waals surface area contributed by atoms with Gasteiger partial charge in [0.15, 0.2) is 0 Å². The molecule has 1 aliphatic heterocycles.